The molecule has 0 aromatic carbocycles. The summed E-state index contributed by atoms with van der Waals surface area (Å²) in [4.78, 5) is 0. The van der Waals surface area contributed by atoms with Crippen LogP contribution >= 0.6 is 0 Å². The molecule has 0 N–H and O–H groups in total. The fourth-order valence-electron chi connectivity index (χ4n) is 0.341. The first-order chi connectivity index (χ1) is 8.25. The standard InChI is InChI=1S/C4H2F6.C3F6/c5-1-2(3(6)7)4(8,9)10;4-1(2(5)6)3(7,8)9/h1H2;. The maximum atomic E-state index is 11.2. The Morgan fingerprint density at radius 2 is 1.00 bits per heavy atom. The van der Waals surface area contributed by atoms with Crippen LogP contribution in [0, 0.1) is 0 Å². The van der Waals surface area contributed by atoms with Crippen LogP contribution in [-0.2, 0) is 0 Å². The van der Waals surface area contributed by atoms with Gasteiger partial charge in [0.1, 0.15) is 12.2 Å². The minimum absolute atomic E-state index is 2.19. The molecule has 0 saturated carbocycles. The number of rotatable bonds is 1. The van der Waals surface area contributed by atoms with Crippen molar-refractivity contribution in [3.8, 4) is 0 Å². The summed E-state index contributed by atoms with van der Waals surface area (Å²) in [5, 5.41) is 0. The molecule has 0 fully saturated rings. The lowest BCUT2D eigenvalue weighted by Crippen LogP contribution is -2.14. The van der Waals surface area contributed by atoms with Crippen LogP contribution in [0.2, 0.25) is 0 Å². The summed E-state index contributed by atoms with van der Waals surface area (Å²) in [6.45, 7) is -2.19. The molecule has 19 heavy (non-hydrogen) atoms. The molecule has 0 nitrogen and oxygen atoms in total. The highest BCUT2D eigenvalue weighted by molar-refractivity contribution is 5.09. The van der Waals surface area contributed by atoms with E-state index < -0.39 is 42.6 Å². The normalized spacial score (nSPS) is 11.4. The van der Waals surface area contributed by atoms with Crippen LogP contribution in [0.1, 0.15) is 0 Å². The maximum absolute atomic E-state index is 11.2. The summed E-state index contributed by atoms with van der Waals surface area (Å²) in [6.07, 6.45) is -17.2. The maximum Gasteiger partial charge on any atom is 0.448 e. The largest absolute Gasteiger partial charge is 0.448 e. The monoisotopic (exact) mass is 314 g/mol. The van der Waals surface area contributed by atoms with Crippen molar-refractivity contribution in [1.82, 2.24) is 0 Å². The Kier molecular flexibility index (Phi) is 7.65. The fourth-order valence-corrected chi connectivity index (χ4v) is 0.341. The van der Waals surface area contributed by atoms with Crippen molar-refractivity contribution in [3.63, 3.8) is 0 Å². The van der Waals surface area contributed by atoms with E-state index in [4.69, 9.17) is 0 Å². The minimum atomic E-state index is -5.56. The first-order valence-electron chi connectivity index (χ1n) is 3.70. The molecule has 0 aliphatic rings. The molecule has 0 bridgehead atoms. The van der Waals surface area contributed by atoms with Crippen molar-refractivity contribution in [3.05, 3.63) is 23.6 Å². The number of hydrogen-bond acceptors (Lipinski definition) is 0. The molecule has 0 aliphatic heterocycles. The third-order valence-electron chi connectivity index (χ3n) is 1.12. The number of halogens is 12. The fraction of sp³-hybridized carbons (Fsp3) is 0.429. The summed E-state index contributed by atoms with van der Waals surface area (Å²) >= 11 is 0. The van der Waals surface area contributed by atoms with Gasteiger partial charge in [0.15, 0.2) is 0 Å². The van der Waals surface area contributed by atoms with Crippen molar-refractivity contribution in [1.29, 1.82) is 0 Å². The van der Waals surface area contributed by atoms with E-state index in [9.17, 15) is 52.7 Å². The molecule has 0 rings (SSSR count). The van der Waals surface area contributed by atoms with Gasteiger partial charge >= 0.3 is 18.4 Å². The summed E-state index contributed by atoms with van der Waals surface area (Å²) in [5.74, 6) is -3.33. The summed E-state index contributed by atoms with van der Waals surface area (Å²) in [6, 6.07) is 0. The highest BCUT2D eigenvalue weighted by Gasteiger charge is 2.39. The second kappa shape index (κ2) is 7.28. The van der Waals surface area contributed by atoms with E-state index in [0.717, 1.165) is 0 Å². The lowest BCUT2D eigenvalue weighted by atomic mass is 10.3. The smallest absolute Gasteiger partial charge is 0.246 e. The van der Waals surface area contributed by atoms with Crippen LogP contribution in [0.5, 0.6) is 0 Å². The number of allylic oxidation sites excluding steroid dienone is 2. The summed E-state index contributed by atoms with van der Waals surface area (Å²) in [5.41, 5.74) is -2.41. The van der Waals surface area contributed by atoms with Crippen molar-refractivity contribution in [2.45, 2.75) is 12.4 Å². The minimum Gasteiger partial charge on any atom is -0.246 e. The van der Waals surface area contributed by atoms with Gasteiger partial charge in [0.05, 0.1) is 0 Å². The summed E-state index contributed by atoms with van der Waals surface area (Å²) in [7, 11) is 0. The van der Waals surface area contributed by atoms with Crippen molar-refractivity contribution in [2.24, 2.45) is 0 Å². The summed E-state index contributed by atoms with van der Waals surface area (Å²) < 4.78 is 132. The predicted octanol–water partition coefficient (Wildman–Crippen LogP) is 5.30. The second-order valence-electron chi connectivity index (χ2n) is 2.44. The molecular weight excluding hydrogens is 312 g/mol. The van der Waals surface area contributed by atoms with Gasteiger partial charge in [-0.3, -0.25) is 0 Å². The topological polar surface area (TPSA) is 0 Å². The Labute approximate surface area is 96.5 Å². The molecule has 0 aromatic rings. The van der Waals surface area contributed by atoms with Gasteiger partial charge in [-0.05, 0) is 0 Å². The van der Waals surface area contributed by atoms with Gasteiger partial charge in [-0.15, -0.1) is 0 Å². The van der Waals surface area contributed by atoms with Crippen LogP contribution in [0.4, 0.5) is 52.7 Å². The second-order valence-corrected chi connectivity index (χ2v) is 2.44. The van der Waals surface area contributed by atoms with Crippen molar-refractivity contribution >= 4 is 0 Å². The van der Waals surface area contributed by atoms with Gasteiger partial charge in [0.25, 0.3) is 11.9 Å². The lowest BCUT2D eigenvalue weighted by molar-refractivity contribution is -0.113. The van der Waals surface area contributed by atoms with Gasteiger partial charge in [-0.25, -0.2) is 4.39 Å². The molecular formula is C7H2F12. The zero-order chi connectivity index (χ0) is 16.0. The quantitative estimate of drug-likeness (QED) is 0.577. The Bertz CT molecular complexity index is 334. The Balaban J connectivity index is 0. The molecule has 0 spiro atoms. The van der Waals surface area contributed by atoms with Gasteiger partial charge < -0.3 is 0 Å². The van der Waals surface area contributed by atoms with Crippen LogP contribution in [0.3, 0.4) is 0 Å². The SMILES string of the molecule is FC(F)=C(F)C(F)(F)F.FCC(=C(F)F)C(F)(F)F. The Morgan fingerprint density at radius 3 is 1.00 bits per heavy atom. The highest BCUT2D eigenvalue weighted by atomic mass is 19.4. The molecule has 0 atom stereocenters. The molecule has 0 aliphatic carbocycles. The van der Waals surface area contributed by atoms with Crippen LogP contribution in [0.25, 0.3) is 0 Å². The van der Waals surface area contributed by atoms with E-state index >= 15 is 0 Å². The van der Waals surface area contributed by atoms with E-state index in [-0.39, 0.29) is 0 Å². The average molecular weight is 314 g/mol. The Morgan fingerprint density at radius 1 is 0.632 bits per heavy atom. The van der Waals surface area contributed by atoms with E-state index in [0.29, 0.717) is 0 Å². The molecule has 0 saturated heterocycles. The molecule has 12 heteroatoms. The predicted molar refractivity (Wildman–Crippen MR) is 37.7 cm³/mol. The molecule has 0 radical (unpaired) electrons. The van der Waals surface area contributed by atoms with E-state index in [1.807, 2.05) is 0 Å². The number of alkyl halides is 7. The van der Waals surface area contributed by atoms with Crippen LogP contribution in [-0.4, -0.2) is 19.0 Å². The molecule has 0 heterocycles. The third-order valence-corrected chi connectivity index (χ3v) is 1.12. The van der Waals surface area contributed by atoms with Crippen LogP contribution < -0.4 is 0 Å². The van der Waals surface area contributed by atoms with E-state index in [2.05, 4.69) is 0 Å². The van der Waals surface area contributed by atoms with E-state index in [1.165, 1.54) is 0 Å². The zero-order valence-corrected chi connectivity index (χ0v) is 8.24. The van der Waals surface area contributed by atoms with Crippen molar-refractivity contribution < 1.29 is 52.7 Å². The van der Waals surface area contributed by atoms with Gasteiger partial charge in [0, 0.05) is 0 Å². The third kappa shape index (κ3) is 8.37. The van der Waals surface area contributed by atoms with Gasteiger partial charge in [0.2, 0.25) is 0 Å². The van der Waals surface area contributed by atoms with E-state index in [1.54, 1.807) is 0 Å². The van der Waals surface area contributed by atoms with Crippen molar-refractivity contribution in [2.75, 3.05) is 6.67 Å². The number of hydrogen-bond donors (Lipinski definition) is 0. The Hall–Kier alpha value is -1.36. The van der Waals surface area contributed by atoms with Gasteiger partial charge in [-0.1, -0.05) is 0 Å². The zero-order valence-electron chi connectivity index (χ0n) is 8.24. The lowest BCUT2D eigenvalue weighted by Gasteiger charge is -2.04. The van der Waals surface area contributed by atoms with Crippen LogP contribution in [0.15, 0.2) is 23.6 Å². The molecule has 0 unspecified atom stereocenters. The van der Waals surface area contributed by atoms with Gasteiger partial charge in [-0.2, -0.15) is 48.3 Å². The molecule has 0 amide bonds. The highest BCUT2D eigenvalue weighted by Crippen LogP contribution is 2.30. The first kappa shape index (κ1) is 20.0. The molecule has 0 aromatic heterocycles. The molecule has 114 valence electrons. The average Bonchev–Trinajstić information content (AvgIpc) is 2.13. The first-order valence-corrected chi connectivity index (χ1v) is 3.70.